The fraction of sp³-hybridized carbons (Fsp3) is 0.364. The number of pyridine rings is 1. The molecule has 0 bridgehead atoms. The Morgan fingerprint density at radius 1 is 1.17 bits per heavy atom. The standard InChI is InChI=1S/C22H18Cl3F4N3O3/c1-19(2,34)18(33)32-9-20(26,10-32)16-4-3-11(8-30-16)15-7-21(35-31-15,22(27,28)29)12-5-13(23)17(25)14(24)6-12/h3-8,31,34H,9-10H2,1-2H3. The van der Waals surface area contributed by atoms with E-state index in [4.69, 9.17) is 39.6 Å². The van der Waals surface area contributed by atoms with Crippen LogP contribution in [0.3, 0.4) is 0 Å². The van der Waals surface area contributed by atoms with Gasteiger partial charge in [0, 0.05) is 17.3 Å². The van der Waals surface area contributed by atoms with Crippen molar-refractivity contribution >= 4 is 46.4 Å². The summed E-state index contributed by atoms with van der Waals surface area (Å²) in [7, 11) is 0. The van der Waals surface area contributed by atoms with Crippen LogP contribution < -0.4 is 5.48 Å². The average Bonchev–Trinajstić information content (AvgIpc) is 3.21. The quantitative estimate of drug-likeness (QED) is 0.404. The monoisotopic (exact) mass is 553 g/mol. The van der Waals surface area contributed by atoms with E-state index in [1.165, 1.54) is 32.2 Å². The van der Waals surface area contributed by atoms with Crippen LogP contribution in [0, 0.1) is 0 Å². The van der Waals surface area contributed by atoms with Crippen LogP contribution in [0.4, 0.5) is 17.6 Å². The molecule has 1 aromatic carbocycles. The summed E-state index contributed by atoms with van der Waals surface area (Å²) in [5.74, 6) is -0.620. The molecule has 188 valence electrons. The number of nitrogens with zero attached hydrogens (tertiary/aromatic N) is 2. The minimum atomic E-state index is -4.92. The van der Waals surface area contributed by atoms with Crippen LogP contribution in [0.2, 0.25) is 15.1 Å². The third-order valence-corrected chi connectivity index (χ3v) is 6.93. The summed E-state index contributed by atoms with van der Waals surface area (Å²) in [4.78, 5) is 22.3. The first kappa shape index (κ1) is 26.0. The molecule has 13 heteroatoms. The number of carbonyl (C=O) groups excluding carboxylic acids is 1. The van der Waals surface area contributed by atoms with Crippen molar-refractivity contribution in [2.24, 2.45) is 0 Å². The van der Waals surface area contributed by atoms with Gasteiger partial charge >= 0.3 is 6.18 Å². The molecule has 2 aromatic rings. The van der Waals surface area contributed by atoms with Crippen molar-refractivity contribution in [3.8, 4) is 0 Å². The topological polar surface area (TPSA) is 74.7 Å². The molecule has 0 saturated carbocycles. The molecule has 1 aromatic heterocycles. The Morgan fingerprint density at radius 3 is 2.26 bits per heavy atom. The third kappa shape index (κ3) is 4.46. The normalized spacial score (nSPS) is 21.9. The van der Waals surface area contributed by atoms with Crippen molar-refractivity contribution in [1.29, 1.82) is 0 Å². The van der Waals surface area contributed by atoms with Crippen molar-refractivity contribution in [3.05, 3.63) is 68.4 Å². The number of aromatic nitrogens is 1. The fourth-order valence-electron chi connectivity index (χ4n) is 3.82. The molecule has 35 heavy (non-hydrogen) atoms. The molecular weight excluding hydrogens is 537 g/mol. The first-order chi connectivity index (χ1) is 16.1. The summed E-state index contributed by atoms with van der Waals surface area (Å²) < 4.78 is 57.7. The van der Waals surface area contributed by atoms with Crippen LogP contribution in [0.25, 0.3) is 5.70 Å². The number of hydrogen-bond donors (Lipinski definition) is 2. The predicted octanol–water partition coefficient (Wildman–Crippen LogP) is 5.15. The van der Waals surface area contributed by atoms with Crippen molar-refractivity contribution in [3.63, 3.8) is 0 Å². The number of aliphatic hydroxyl groups is 1. The van der Waals surface area contributed by atoms with E-state index in [0.717, 1.165) is 23.1 Å². The summed E-state index contributed by atoms with van der Waals surface area (Å²) in [6, 6.07) is 4.71. The lowest BCUT2D eigenvalue weighted by molar-refractivity contribution is -0.269. The summed E-state index contributed by atoms with van der Waals surface area (Å²) >= 11 is 17.7. The largest absolute Gasteiger partial charge is 0.428 e. The summed E-state index contributed by atoms with van der Waals surface area (Å²) in [5, 5.41) is 9.34. The number of carbonyl (C=O) groups is 1. The lowest BCUT2D eigenvalue weighted by Crippen LogP contribution is -2.62. The van der Waals surface area contributed by atoms with Gasteiger partial charge in [-0.05, 0) is 44.2 Å². The first-order valence-corrected chi connectivity index (χ1v) is 11.3. The molecule has 3 heterocycles. The Bertz CT molecular complexity index is 1190. The number of amides is 1. The number of hydroxylamine groups is 1. The zero-order valence-corrected chi connectivity index (χ0v) is 20.4. The number of halogens is 7. The van der Waals surface area contributed by atoms with Crippen LogP contribution in [0.5, 0.6) is 0 Å². The molecule has 1 unspecified atom stereocenters. The Hall–Kier alpha value is -2.11. The lowest BCUT2D eigenvalue weighted by atomic mass is 9.89. The van der Waals surface area contributed by atoms with E-state index in [9.17, 15) is 23.1 Å². The number of rotatable bonds is 4. The Balaban J connectivity index is 1.61. The molecule has 1 saturated heterocycles. The smallest absolute Gasteiger partial charge is 0.381 e. The molecule has 2 aliphatic heterocycles. The highest BCUT2D eigenvalue weighted by atomic mass is 35.5. The van der Waals surface area contributed by atoms with Crippen LogP contribution in [-0.4, -0.2) is 45.8 Å². The minimum Gasteiger partial charge on any atom is -0.381 e. The van der Waals surface area contributed by atoms with E-state index in [0.29, 0.717) is 0 Å². The number of nitrogens with one attached hydrogen (secondary N) is 1. The molecule has 2 aliphatic rings. The van der Waals surface area contributed by atoms with Gasteiger partial charge in [0.1, 0.15) is 5.60 Å². The van der Waals surface area contributed by atoms with Gasteiger partial charge in [0.25, 0.3) is 5.91 Å². The highest BCUT2D eigenvalue weighted by Crippen LogP contribution is 2.49. The highest BCUT2D eigenvalue weighted by molar-refractivity contribution is 6.48. The second-order valence-corrected chi connectivity index (χ2v) is 10.1. The number of benzene rings is 1. The van der Waals surface area contributed by atoms with E-state index in [1.54, 1.807) is 0 Å². The van der Waals surface area contributed by atoms with Crippen LogP contribution in [0.15, 0.2) is 36.5 Å². The molecule has 1 atom stereocenters. The molecule has 1 amide bonds. The van der Waals surface area contributed by atoms with Crippen molar-refractivity contribution < 1.29 is 32.3 Å². The van der Waals surface area contributed by atoms with Gasteiger partial charge in [-0.1, -0.05) is 34.8 Å². The van der Waals surface area contributed by atoms with E-state index >= 15 is 4.39 Å². The van der Waals surface area contributed by atoms with E-state index < -0.39 is 34.5 Å². The summed E-state index contributed by atoms with van der Waals surface area (Å²) in [6.45, 7) is 2.00. The zero-order chi connectivity index (χ0) is 26.0. The number of hydrogen-bond acceptors (Lipinski definition) is 5. The molecule has 0 spiro atoms. The number of likely N-dealkylation sites (tertiary alicyclic amines) is 1. The average molecular weight is 555 g/mol. The van der Waals surface area contributed by atoms with E-state index in [2.05, 4.69) is 10.5 Å². The van der Waals surface area contributed by atoms with Gasteiger partial charge in [0.05, 0.1) is 39.5 Å². The van der Waals surface area contributed by atoms with Gasteiger partial charge in [0.2, 0.25) is 5.60 Å². The van der Waals surface area contributed by atoms with Crippen LogP contribution in [-0.2, 0) is 20.9 Å². The molecule has 0 radical (unpaired) electrons. The summed E-state index contributed by atoms with van der Waals surface area (Å²) in [5.41, 5.74) is -4.52. The van der Waals surface area contributed by atoms with Gasteiger partial charge in [-0.25, -0.2) is 4.39 Å². The molecule has 1 fully saturated rings. The van der Waals surface area contributed by atoms with Gasteiger partial charge in [-0.15, -0.1) is 0 Å². The maximum Gasteiger partial charge on any atom is 0.428 e. The second kappa shape index (κ2) is 8.48. The Morgan fingerprint density at radius 2 is 1.77 bits per heavy atom. The Kier molecular flexibility index (Phi) is 6.29. The summed E-state index contributed by atoms with van der Waals surface area (Å²) in [6.07, 6.45) is -2.92. The second-order valence-electron chi connectivity index (χ2n) is 8.87. The molecule has 2 N–H and O–H groups in total. The van der Waals surface area contributed by atoms with Gasteiger partial charge in [0.15, 0.2) is 5.67 Å². The van der Waals surface area contributed by atoms with E-state index in [1.807, 2.05) is 0 Å². The zero-order valence-electron chi connectivity index (χ0n) is 18.2. The van der Waals surface area contributed by atoms with Crippen LogP contribution >= 0.6 is 34.8 Å². The lowest BCUT2D eigenvalue weighted by Gasteiger charge is -2.45. The fourth-order valence-corrected chi connectivity index (χ4v) is 4.42. The molecule has 0 aliphatic carbocycles. The number of alkyl halides is 4. The third-order valence-electron chi connectivity index (χ3n) is 5.73. The Labute approximate surface area is 212 Å². The van der Waals surface area contributed by atoms with Crippen molar-refractivity contribution in [2.75, 3.05) is 13.1 Å². The molecule has 4 rings (SSSR count). The van der Waals surface area contributed by atoms with Gasteiger partial charge < -0.3 is 10.0 Å². The van der Waals surface area contributed by atoms with Gasteiger partial charge in [-0.3, -0.25) is 20.1 Å². The van der Waals surface area contributed by atoms with E-state index in [-0.39, 0.29) is 45.1 Å². The van der Waals surface area contributed by atoms with Crippen molar-refractivity contribution in [1.82, 2.24) is 15.4 Å². The highest BCUT2D eigenvalue weighted by Gasteiger charge is 2.60. The predicted molar refractivity (Wildman–Crippen MR) is 121 cm³/mol. The maximum atomic E-state index is 15.2. The van der Waals surface area contributed by atoms with Gasteiger partial charge in [-0.2, -0.15) is 13.2 Å². The molecule has 6 nitrogen and oxygen atoms in total. The van der Waals surface area contributed by atoms with Crippen molar-refractivity contribution in [2.45, 2.75) is 36.9 Å². The van der Waals surface area contributed by atoms with Crippen LogP contribution in [0.1, 0.15) is 30.7 Å². The minimum absolute atomic E-state index is 0.00101. The first-order valence-electron chi connectivity index (χ1n) is 10.1. The maximum absolute atomic E-state index is 15.2. The SMILES string of the molecule is CC(C)(O)C(=O)N1CC(F)(c2ccc(C3=CC(c4cc(Cl)c(Cl)c(Cl)c4)(C(F)(F)F)ON3)cn2)C1. The molecular formula is C22H18Cl3F4N3O3.